The van der Waals surface area contributed by atoms with Crippen molar-refractivity contribution in [2.45, 2.75) is 31.3 Å². The second kappa shape index (κ2) is 6.38. The lowest BCUT2D eigenvalue weighted by atomic mass is 10.1. The third-order valence-corrected chi connectivity index (χ3v) is 4.70. The zero-order valence-corrected chi connectivity index (χ0v) is 13.0. The molecule has 21 heavy (non-hydrogen) atoms. The molecule has 1 aromatic heterocycles. The maximum absolute atomic E-state index is 12.3. The predicted octanol–water partition coefficient (Wildman–Crippen LogP) is 0.920. The first-order valence-corrected chi connectivity index (χ1v) is 8.24. The van der Waals surface area contributed by atoms with E-state index in [2.05, 4.69) is 9.82 Å². The monoisotopic (exact) mass is 308 g/mol. The van der Waals surface area contributed by atoms with Gasteiger partial charge in [0.25, 0.3) is 0 Å². The van der Waals surface area contributed by atoms with Crippen LogP contribution in [-0.2, 0) is 36.6 Å². The summed E-state index contributed by atoms with van der Waals surface area (Å²) in [5.41, 5.74) is 8.28. The largest absolute Gasteiger partial charge is 0.326 e. The van der Waals surface area contributed by atoms with Crippen LogP contribution in [0.25, 0.3) is 0 Å². The molecule has 0 amide bonds. The van der Waals surface area contributed by atoms with Crippen molar-refractivity contribution in [2.24, 2.45) is 12.8 Å². The number of hydrogen-bond acceptors (Lipinski definition) is 4. The van der Waals surface area contributed by atoms with Crippen molar-refractivity contribution in [1.82, 2.24) is 14.5 Å². The fraction of sp³-hybridized carbons (Fsp3) is 0.357. The van der Waals surface area contributed by atoms with Gasteiger partial charge in [-0.1, -0.05) is 13.0 Å². The van der Waals surface area contributed by atoms with Crippen LogP contribution < -0.4 is 10.5 Å². The molecule has 0 bridgehead atoms. The van der Waals surface area contributed by atoms with Gasteiger partial charge in [0.15, 0.2) is 0 Å². The normalized spacial score (nSPS) is 11.8. The van der Waals surface area contributed by atoms with Gasteiger partial charge in [-0.05, 0) is 35.7 Å². The molecular weight excluding hydrogens is 288 g/mol. The van der Waals surface area contributed by atoms with Crippen molar-refractivity contribution in [2.75, 3.05) is 0 Å². The van der Waals surface area contributed by atoms with Gasteiger partial charge in [0, 0.05) is 19.8 Å². The molecule has 114 valence electrons. The molecule has 0 radical (unpaired) electrons. The molecule has 0 aliphatic carbocycles. The van der Waals surface area contributed by atoms with E-state index in [0.717, 1.165) is 17.5 Å². The first kappa shape index (κ1) is 15.7. The highest BCUT2D eigenvalue weighted by atomic mass is 32.2. The summed E-state index contributed by atoms with van der Waals surface area (Å²) in [6, 6.07) is 6.84. The summed E-state index contributed by atoms with van der Waals surface area (Å²) in [6.07, 6.45) is 2.60. The SMILES string of the molecule is CCc1ccc(S(=O)(=O)NCc2ccn(C)n2)cc1CN. The number of aromatic nitrogens is 2. The van der Waals surface area contributed by atoms with Gasteiger partial charge in [-0.3, -0.25) is 4.68 Å². The fourth-order valence-corrected chi connectivity index (χ4v) is 3.16. The van der Waals surface area contributed by atoms with Crippen molar-refractivity contribution in [3.63, 3.8) is 0 Å². The molecule has 1 heterocycles. The Kier molecular flexibility index (Phi) is 4.76. The van der Waals surface area contributed by atoms with Gasteiger partial charge in [0.05, 0.1) is 17.1 Å². The minimum absolute atomic E-state index is 0.163. The molecule has 0 atom stereocenters. The molecule has 0 spiro atoms. The van der Waals surface area contributed by atoms with E-state index in [4.69, 9.17) is 5.73 Å². The summed E-state index contributed by atoms with van der Waals surface area (Å²) >= 11 is 0. The van der Waals surface area contributed by atoms with Crippen LogP contribution in [0.5, 0.6) is 0 Å². The molecule has 6 nitrogen and oxygen atoms in total. The number of hydrogen-bond donors (Lipinski definition) is 2. The maximum Gasteiger partial charge on any atom is 0.240 e. The Hall–Kier alpha value is -1.70. The highest BCUT2D eigenvalue weighted by Crippen LogP contribution is 2.16. The standard InChI is InChI=1S/C14H20N4O2S/c1-3-11-4-5-14(8-12(11)9-15)21(19,20)16-10-13-6-7-18(2)17-13/h4-8,16H,3,9-10,15H2,1-2H3. The highest BCUT2D eigenvalue weighted by Gasteiger charge is 2.15. The Labute approximate surface area is 125 Å². The molecule has 2 aromatic rings. The Bertz CT molecular complexity index is 722. The maximum atomic E-state index is 12.3. The van der Waals surface area contributed by atoms with Crippen molar-refractivity contribution >= 4 is 10.0 Å². The van der Waals surface area contributed by atoms with E-state index in [0.29, 0.717) is 12.2 Å². The molecule has 3 N–H and O–H groups in total. The van der Waals surface area contributed by atoms with Crippen LogP contribution >= 0.6 is 0 Å². The van der Waals surface area contributed by atoms with Gasteiger partial charge in [-0.15, -0.1) is 0 Å². The highest BCUT2D eigenvalue weighted by molar-refractivity contribution is 7.89. The van der Waals surface area contributed by atoms with Gasteiger partial charge < -0.3 is 5.73 Å². The van der Waals surface area contributed by atoms with Gasteiger partial charge in [0.1, 0.15) is 0 Å². The van der Waals surface area contributed by atoms with Crippen LogP contribution in [0, 0.1) is 0 Å². The lowest BCUT2D eigenvalue weighted by molar-refractivity contribution is 0.579. The third-order valence-electron chi connectivity index (χ3n) is 3.30. The lowest BCUT2D eigenvalue weighted by Crippen LogP contribution is -2.24. The Balaban J connectivity index is 2.19. The predicted molar refractivity (Wildman–Crippen MR) is 80.9 cm³/mol. The van der Waals surface area contributed by atoms with E-state index in [-0.39, 0.29) is 11.4 Å². The average molecular weight is 308 g/mol. The van der Waals surface area contributed by atoms with E-state index in [1.165, 1.54) is 0 Å². The summed E-state index contributed by atoms with van der Waals surface area (Å²) in [5, 5.41) is 4.14. The van der Waals surface area contributed by atoms with Gasteiger partial charge >= 0.3 is 0 Å². The van der Waals surface area contributed by atoms with Crippen molar-refractivity contribution in [1.29, 1.82) is 0 Å². The summed E-state index contributed by atoms with van der Waals surface area (Å²) in [4.78, 5) is 0.232. The number of nitrogens with zero attached hydrogens (tertiary/aromatic N) is 2. The van der Waals surface area contributed by atoms with Crippen LogP contribution in [0.4, 0.5) is 0 Å². The van der Waals surface area contributed by atoms with Crippen molar-refractivity contribution in [3.05, 3.63) is 47.3 Å². The van der Waals surface area contributed by atoms with Gasteiger partial charge in [-0.2, -0.15) is 5.10 Å². The summed E-state index contributed by atoms with van der Waals surface area (Å²) in [7, 11) is -1.77. The van der Waals surface area contributed by atoms with Crippen LogP contribution in [0.3, 0.4) is 0 Å². The number of rotatable bonds is 6. The first-order chi connectivity index (χ1) is 9.96. The summed E-state index contributed by atoms with van der Waals surface area (Å²) < 4.78 is 28.8. The average Bonchev–Trinajstić information content (AvgIpc) is 2.90. The van der Waals surface area contributed by atoms with E-state index >= 15 is 0 Å². The number of nitrogens with two attached hydrogens (primary N) is 1. The number of sulfonamides is 1. The van der Waals surface area contributed by atoms with E-state index < -0.39 is 10.0 Å². The topological polar surface area (TPSA) is 90.0 Å². The minimum Gasteiger partial charge on any atom is -0.326 e. The molecule has 7 heteroatoms. The number of nitrogens with one attached hydrogen (secondary N) is 1. The Morgan fingerprint density at radius 2 is 2.05 bits per heavy atom. The molecular formula is C14H20N4O2S. The first-order valence-electron chi connectivity index (χ1n) is 6.76. The molecule has 0 aliphatic heterocycles. The van der Waals surface area contributed by atoms with Crippen LogP contribution in [0.15, 0.2) is 35.4 Å². The smallest absolute Gasteiger partial charge is 0.240 e. The molecule has 0 fully saturated rings. The third kappa shape index (κ3) is 3.69. The number of benzene rings is 1. The molecule has 0 saturated carbocycles. The molecule has 1 aromatic carbocycles. The van der Waals surface area contributed by atoms with E-state index in [1.54, 1.807) is 36.1 Å². The molecule has 0 unspecified atom stereocenters. The molecule has 0 aliphatic rings. The quantitative estimate of drug-likeness (QED) is 0.830. The lowest BCUT2D eigenvalue weighted by Gasteiger charge is -2.10. The zero-order valence-electron chi connectivity index (χ0n) is 12.2. The second-order valence-corrected chi connectivity index (χ2v) is 6.56. The Morgan fingerprint density at radius 3 is 2.62 bits per heavy atom. The van der Waals surface area contributed by atoms with E-state index in [1.807, 2.05) is 13.0 Å². The van der Waals surface area contributed by atoms with Crippen LogP contribution in [0.1, 0.15) is 23.7 Å². The summed E-state index contributed by atoms with van der Waals surface area (Å²) in [5.74, 6) is 0. The zero-order chi connectivity index (χ0) is 15.5. The van der Waals surface area contributed by atoms with Gasteiger partial charge in [0.2, 0.25) is 10.0 Å². The fourth-order valence-electron chi connectivity index (χ4n) is 2.11. The second-order valence-electron chi connectivity index (χ2n) is 4.79. The summed E-state index contributed by atoms with van der Waals surface area (Å²) in [6.45, 7) is 2.51. The minimum atomic E-state index is -3.56. The van der Waals surface area contributed by atoms with E-state index in [9.17, 15) is 8.42 Å². The molecule has 0 saturated heterocycles. The van der Waals surface area contributed by atoms with Crippen LogP contribution in [-0.4, -0.2) is 18.2 Å². The van der Waals surface area contributed by atoms with Crippen LogP contribution in [0.2, 0.25) is 0 Å². The number of aryl methyl sites for hydroxylation is 2. The molecule has 2 rings (SSSR count). The Morgan fingerprint density at radius 1 is 1.29 bits per heavy atom. The van der Waals surface area contributed by atoms with Gasteiger partial charge in [-0.25, -0.2) is 13.1 Å². The van der Waals surface area contributed by atoms with Crippen molar-refractivity contribution in [3.8, 4) is 0 Å². The van der Waals surface area contributed by atoms with Crippen molar-refractivity contribution < 1.29 is 8.42 Å².